The summed E-state index contributed by atoms with van der Waals surface area (Å²) in [6.07, 6.45) is 0.888. The largest absolute Gasteiger partial charge is 0.311 e. The Morgan fingerprint density at radius 2 is 1.76 bits per heavy atom. The second kappa shape index (κ2) is 6.25. The van der Waals surface area contributed by atoms with Crippen LogP contribution in [0.5, 0.6) is 0 Å². The molecule has 0 aliphatic heterocycles. The van der Waals surface area contributed by atoms with Crippen LogP contribution in [-0.2, 0) is 6.42 Å². The van der Waals surface area contributed by atoms with E-state index in [0.29, 0.717) is 0 Å². The van der Waals surface area contributed by atoms with Gasteiger partial charge in [-0.1, -0.05) is 48.0 Å². The van der Waals surface area contributed by atoms with Crippen molar-refractivity contribution in [2.75, 3.05) is 7.05 Å². The molecule has 1 aromatic heterocycles. The van der Waals surface area contributed by atoms with Gasteiger partial charge in [0.1, 0.15) is 0 Å². The topological polar surface area (TPSA) is 24.9 Å². The maximum atomic E-state index is 5.94. The summed E-state index contributed by atoms with van der Waals surface area (Å²) in [6, 6.07) is 20.6. The van der Waals surface area contributed by atoms with E-state index in [1.54, 1.807) is 0 Å². The van der Waals surface area contributed by atoms with E-state index in [1.165, 1.54) is 10.9 Å². The van der Waals surface area contributed by atoms with Gasteiger partial charge in [0.2, 0.25) is 0 Å². The minimum absolute atomic E-state index is 0.191. The molecular formula is C18H17ClN2. The summed E-state index contributed by atoms with van der Waals surface area (Å²) in [5, 5.41) is 5.29. The number of nitrogens with one attached hydrogen (secondary N) is 1. The second-order valence-electron chi connectivity index (χ2n) is 5.10. The smallest absolute Gasteiger partial charge is 0.0706 e. The number of fused-ring (bicyclic) bond motifs is 1. The molecule has 0 saturated heterocycles. The van der Waals surface area contributed by atoms with Crippen LogP contribution in [0.15, 0.2) is 60.7 Å². The molecule has 1 unspecified atom stereocenters. The molecule has 2 nitrogen and oxygen atoms in total. The first-order chi connectivity index (χ1) is 10.3. The molecular weight excluding hydrogens is 280 g/mol. The number of pyridine rings is 1. The Labute approximate surface area is 129 Å². The van der Waals surface area contributed by atoms with Crippen LogP contribution in [-0.4, -0.2) is 12.0 Å². The van der Waals surface area contributed by atoms with Crippen LogP contribution in [0.4, 0.5) is 0 Å². The van der Waals surface area contributed by atoms with Gasteiger partial charge in [-0.2, -0.15) is 0 Å². The summed E-state index contributed by atoms with van der Waals surface area (Å²) < 4.78 is 0. The predicted octanol–water partition coefficient (Wildman–Crippen LogP) is 4.39. The zero-order valence-electron chi connectivity index (χ0n) is 11.9. The highest BCUT2D eigenvalue weighted by molar-refractivity contribution is 6.30. The molecule has 0 aliphatic carbocycles. The van der Waals surface area contributed by atoms with E-state index in [2.05, 4.69) is 35.6 Å². The maximum absolute atomic E-state index is 5.94. The quantitative estimate of drug-likeness (QED) is 0.772. The highest BCUT2D eigenvalue weighted by atomic mass is 35.5. The van der Waals surface area contributed by atoms with Crippen molar-refractivity contribution >= 4 is 22.5 Å². The van der Waals surface area contributed by atoms with Gasteiger partial charge in [-0.15, -0.1) is 0 Å². The van der Waals surface area contributed by atoms with Crippen LogP contribution in [0.2, 0.25) is 5.02 Å². The van der Waals surface area contributed by atoms with Gasteiger partial charge in [0, 0.05) is 10.4 Å². The van der Waals surface area contributed by atoms with Crippen molar-refractivity contribution < 1.29 is 0 Å². The van der Waals surface area contributed by atoms with Gasteiger partial charge in [-0.05, 0) is 43.3 Å². The van der Waals surface area contributed by atoms with Crippen LogP contribution < -0.4 is 5.32 Å². The zero-order valence-corrected chi connectivity index (χ0v) is 12.6. The summed E-state index contributed by atoms with van der Waals surface area (Å²) >= 11 is 5.94. The predicted molar refractivity (Wildman–Crippen MR) is 88.7 cm³/mol. The Hall–Kier alpha value is -1.90. The van der Waals surface area contributed by atoms with Gasteiger partial charge < -0.3 is 5.32 Å². The number of benzene rings is 2. The summed E-state index contributed by atoms with van der Waals surface area (Å²) in [5.74, 6) is 0. The molecule has 1 atom stereocenters. The van der Waals surface area contributed by atoms with Gasteiger partial charge in [0.15, 0.2) is 0 Å². The van der Waals surface area contributed by atoms with E-state index >= 15 is 0 Å². The monoisotopic (exact) mass is 296 g/mol. The number of hydrogen-bond acceptors (Lipinski definition) is 2. The third kappa shape index (κ3) is 3.23. The van der Waals surface area contributed by atoms with Gasteiger partial charge in [0.05, 0.1) is 17.3 Å². The summed E-state index contributed by atoms with van der Waals surface area (Å²) in [7, 11) is 1.97. The lowest BCUT2D eigenvalue weighted by Gasteiger charge is -2.16. The third-order valence-corrected chi connectivity index (χ3v) is 3.93. The molecule has 0 aliphatic rings. The number of para-hydroxylation sites is 1. The highest BCUT2D eigenvalue weighted by Crippen LogP contribution is 2.21. The van der Waals surface area contributed by atoms with Crippen molar-refractivity contribution in [3.05, 3.63) is 76.9 Å². The fourth-order valence-electron chi connectivity index (χ4n) is 2.49. The molecule has 0 spiro atoms. The maximum Gasteiger partial charge on any atom is 0.0706 e. The molecule has 106 valence electrons. The summed E-state index contributed by atoms with van der Waals surface area (Å²) in [4.78, 5) is 4.77. The van der Waals surface area contributed by atoms with Crippen LogP contribution in [0, 0.1) is 0 Å². The Bertz CT molecular complexity index is 738. The first-order valence-electron chi connectivity index (χ1n) is 7.03. The molecule has 0 amide bonds. The Morgan fingerprint density at radius 3 is 2.52 bits per heavy atom. The molecule has 0 fully saturated rings. The van der Waals surface area contributed by atoms with Gasteiger partial charge >= 0.3 is 0 Å². The lowest BCUT2D eigenvalue weighted by molar-refractivity contribution is 0.578. The van der Waals surface area contributed by atoms with Gasteiger partial charge in [0.25, 0.3) is 0 Å². The van der Waals surface area contributed by atoms with Crippen molar-refractivity contribution in [3.63, 3.8) is 0 Å². The van der Waals surface area contributed by atoms with Crippen molar-refractivity contribution in [2.45, 2.75) is 12.5 Å². The fraction of sp³-hybridized carbons (Fsp3) is 0.167. The second-order valence-corrected chi connectivity index (χ2v) is 5.54. The molecule has 3 rings (SSSR count). The highest BCUT2D eigenvalue weighted by Gasteiger charge is 2.12. The van der Waals surface area contributed by atoms with Crippen LogP contribution >= 0.6 is 11.6 Å². The average molecular weight is 297 g/mol. The molecule has 0 saturated carbocycles. The lowest BCUT2D eigenvalue weighted by atomic mass is 10.0. The fourth-order valence-corrected chi connectivity index (χ4v) is 2.61. The van der Waals surface area contributed by atoms with Gasteiger partial charge in [-0.25, -0.2) is 0 Å². The minimum Gasteiger partial charge on any atom is -0.311 e. The first-order valence-corrected chi connectivity index (χ1v) is 7.41. The van der Waals surface area contributed by atoms with E-state index in [4.69, 9.17) is 16.6 Å². The Morgan fingerprint density at radius 1 is 1.00 bits per heavy atom. The number of aromatic nitrogens is 1. The molecule has 1 heterocycles. The average Bonchev–Trinajstić information content (AvgIpc) is 2.54. The molecule has 21 heavy (non-hydrogen) atoms. The van der Waals surface area contributed by atoms with Crippen LogP contribution in [0.3, 0.4) is 0 Å². The molecule has 0 radical (unpaired) electrons. The lowest BCUT2D eigenvalue weighted by Crippen LogP contribution is -2.20. The van der Waals surface area contributed by atoms with E-state index in [-0.39, 0.29) is 6.04 Å². The first kappa shape index (κ1) is 14.1. The number of likely N-dealkylation sites (N-methyl/N-ethyl adjacent to an activating group) is 1. The summed E-state index contributed by atoms with van der Waals surface area (Å²) in [6.45, 7) is 0. The molecule has 3 heteroatoms. The SMILES string of the molecule is CNC(Cc1ccc(Cl)cc1)c1ccc2ccccc2n1. The minimum atomic E-state index is 0.191. The Kier molecular flexibility index (Phi) is 4.18. The Balaban J connectivity index is 1.88. The van der Waals surface area contributed by atoms with Crippen LogP contribution in [0.1, 0.15) is 17.3 Å². The van der Waals surface area contributed by atoms with Crippen molar-refractivity contribution in [1.82, 2.24) is 10.3 Å². The third-order valence-electron chi connectivity index (χ3n) is 3.68. The van der Waals surface area contributed by atoms with Gasteiger partial charge in [-0.3, -0.25) is 4.98 Å². The van der Waals surface area contributed by atoms with Crippen molar-refractivity contribution in [3.8, 4) is 0 Å². The standard InChI is InChI=1S/C18H17ClN2/c1-20-18(12-13-6-9-15(19)10-7-13)17-11-8-14-4-2-3-5-16(14)21-17/h2-11,18,20H,12H2,1H3. The molecule has 1 N–H and O–H groups in total. The van der Waals surface area contributed by atoms with E-state index < -0.39 is 0 Å². The molecule has 2 aromatic carbocycles. The number of rotatable bonds is 4. The van der Waals surface area contributed by atoms with E-state index in [0.717, 1.165) is 22.7 Å². The number of halogens is 1. The molecule has 3 aromatic rings. The van der Waals surface area contributed by atoms with E-state index in [1.807, 2.05) is 37.4 Å². The van der Waals surface area contributed by atoms with E-state index in [9.17, 15) is 0 Å². The zero-order chi connectivity index (χ0) is 14.7. The summed E-state index contributed by atoms with van der Waals surface area (Å²) in [5.41, 5.74) is 3.34. The van der Waals surface area contributed by atoms with Crippen LogP contribution in [0.25, 0.3) is 10.9 Å². The number of hydrogen-bond donors (Lipinski definition) is 1. The van der Waals surface area contributed by atoms with Crippen molar-refractivity contribution in [2.24, 2.45) is 0 Å². The molecule has 0 bridgehead atoms. The van der Waals surface area contributed by atoms with Crippen molar-refractivity contribution in [1.29, 1.82) is 0 Å². The number of nitrogens with zero attached hydrogens (tertiary/aromatic N) is 1. The normalized spacial score (nSPS) is 12.5.